The van der Waals surface area contributed by atoms with Gasteiger partial charge in [0.05, 0.1) is 12.1 Å². The highest BCUT2D eigenvalue weighted by molar-refractivity contribution is 7.10. The largest absolute Gasteiger partial charge is 0.398 e. The van der Waals surface area contributed by atoms with Crippen molar-refractivity contribution in [2.45, 2.75) is 26.8 Å². The van der Waals surface area contributed by atoms with Gasteiger partial charge in [-0.2, -0.15) is 0 Å². The molecule has 1 amide bonds. The predicted molar refractivity (Wildman–Crippen MR) is 80.5 cm³/mol. The van der Waals surface area contributed by atoms with Crippen molar-refractivity contribution in [2.24, 2.45) is 0 Å². The Morgan fingerprint density at radius 3 is 2.89 bits per heavy atom. The van der Waals surface area contributed by atoms with Crippen molar-refractivity contribution in [1.82, 2.24) is 5.32 Å². The van der Waals surface area contributed by atoms with E-state index in [1.807, 2.05) is 19.1 Å². The van der Waals surface area contributed by atoms with Gasteiger partial charge >= 0.3 is 0 Å². The fourth-order valence-electron chi connectivity index (χ4n) is 1.96. The van der Waals surface area contributed by atoms with E-state index in [0.29, 0.717) is 17.8 Å². The van der Waals surface area contributed by atoms with Crippen LogP contribution in [0.25, 0.3) is 0 Å². The van der Waals surface area contributed by atoms with E-state index in [4.69, 9.17) is 5.73 Å². The summed E-state index contributed by atoms with van der Waals surface area (Å²) in [6.45, 7) is 4.63. The monoisotopic (exact) mass is 274 g/mol. The number of rotatable bonds is 4. The zero-order chi connectivity index (χ0) is 13.8. The third kappa shape index (κ3) is 3.15. The number of carbonyl (C=O) groups is 1. The van der Waals surface area contributed by atoms with Crippen LogP contribution in [-0.4, -0.2) is 5.91 Å². The topological polar surface area (TPSA) is 55.1 Å². The highest BCUT2D eigenvalue weighted by Crippen LogP contribution is 2.18. The number of nitrogen functional groups attached to an aromatic ring is 1. The van der Waals surface area contributed by atoms with Crippen molar-refractivity contribution in [2.75, 3.05) is 5.73 Å². The molecule has 1 aromatic heterocycles. The first-order valence-corrected chi connectivity index (χ1v) is 7.19. The number of nitrogens with one attached hydrogen (secondary N) is 1. The summed E-state index contributed by atoms with van der Waals surface area (Å²) < 4.78 is 0. The number of thiophene rings is 1. The Hall–Kier alpha value is -1.81. The molecule has 4 heteroatoms. The fraction of sp³-hybridized carbons (Fsp3) is 0.267. The van der Waals surface area contributed by atoms with Crippen LogP contribution < -0.4 is 11.1 Å². The fourth-order valence-corrected chi connectivity index (χ4v) is 2.88. The van der Waals surface area contributed by atoms with Crippen molar-refractivity contribution >= 4 is 22.9 Å². The highest BCUT2D eigenvalue weighted by atomic mass is 32.1. The molecule has 0 saturated carbocycles. The van der Waals surface area contributed by atoms with Crippen molar-refractivity contribution in [1.29, 1.82) is 0 Å². The number of aryl methyl sites for hydroxylation is 2. The standard InChI is InChI=1S/C15H18N2OS/c1-3-11-6-7-19-14(11)9-17-15(18)12-8-10(2)4-5-13(12)16/h4-8H,3,9,16H2,1-2H3,(H,17,18). The molecule has 0 radical (unpaired) electrons. The number of carbonyl (C=O) groups excluding carboxylic acids is 1. The van der Waals surface area contributed by atoms with E-state index in [2.05, 4.69) is 23.7 Å². The second-order valence-electron chi connectivity index (χ2n) is 4.50. The molecule has 100 valence electrons. The van der Waals surface area contributed by atoms with Crippen LogP contribution in [-0.2, 0) is 13.0 Å². The van der Waals surface area contributed by atoms with Gasteiger partial charge in [0.2, 0.25) is 0 Å². The minimum absolute atomic E-state index is 0.114. The van der Waals surface area contributed by atoms with E-state index < -0.39 is 0 Å². The number of amides is 1. The quantitative estimate of drug-likeness (QED) is 0.842. The molecule has 1 aromatic carbocycles. The maximum Gasteiger partial charge on any atom is 0.253 e. The molecule has 19 heavy (non-hydrogen) atoms. The van der Waals surface area contributed by atoms with E-state index in [0.717, 1.165) is 12.0 Å². The summed E-state index contributed by atoms with van der Waals surface area (Å²) in [4.78, 5) is 13.3. The van der Waals surface area contributed by atoms with Crippen LogP contribution in [0.3, 0.4) is 0 Å². The maximum atomic E-state index is 12.1. The van der Waals surface area contributed by atoms with Crippen molar-refractivity contribution in [3.8, 4) is 0 Å². The minimum Gasteiger partial charge on any atom is -0.398 e. The van der Waals surface area contributed by atoms with Crippen molar-refractivity contribution in [3.05, 3.63) is 51.2 Å². The minimum atomic E-state index is -0.114. The molecule has 0 spiro atoms. The van der Waals surface area contributed by atoms with Crippen LogP contribution >= 0.6 is 11.3 Å². The van der Waals surface area contributed by atoms with Gasteiger partial charge in [0.15, 0.2) is 0 Å². The SMILES string of the molecule is CCc1ccsc1CNC(=O)c1cc(C)ccc1N. The number of nitrogens with two attached hydrogens (primary N) is 1. The van der Waals surface area contributed by atoms with Gasteiger partial charge < -0.3 is 11.1 Å². The van der Waals surface area contributed by atoms with Crippen LogP contribution in [0, 0.1) is 6.92 Å². The first kappa shape index (κ1) is 13.6. The lowest BCUT2D eigenvalue weighted by Crippen LogP contribution is -2.23. The van der Waals surface area contributed by atoms with Gasteiger partial charge in [-0.1, -0.05) is 18.6 Å². The van der Waals surface area contributed by atoms with E-state index >= 15 is 0 Å². The molecule has 0 atom stereocenters. The van der Waals surface area contributed by atoms with E-state index in [-0.39, 0.29) is 5.91 Å². The second kappa shape index (κ2) is 5.89. The molecular formula is C15H18N2OS. The summed E-state index contributed by atoms with van der Waals surface area (Å²) in [6.07, 6.45) is 0.987. The average Bonchev–Trinajstić information content (AvgIpc) is 2.86. The molecule has 0 aliphatic heterocycles. The molecule has 0 aliphatic rings. The number of hydrogen-bond donors (Lipinski definition) is 2. The number of anilines is 1. The summed E-state index contributed by atoms with van der Waals surface area (Å²) in [5, 5.41) is 4.99. The van der Waals surface area contributed by atoms with Crippen LogP contribution in [0.5, 0.6) is 0 Å². The summed E-state index contributed by atoms with van der Waals surface area (Å²) in [7, 11) is 0. The van der Waals surface area contributed by atoms with Crippen LogP contribution in [0.15, 0.2) is 29.6 Å². The van der Waals surface area contributed by atoms with Gasteiger partial charge in [-0.25, -0.2) is 0 Å². The third-order valence-corrected chi connectivity index (χ3v) is 4.04. The number of hydrogen-bond acceptors (Lipinski definition) is 3. The molecule has 0 unspecified atom stereocenters. The average molecular weight is 274 g/mol. The lowest BCUT2D eigenvalue weighted by molar-refractivity contribution is 0.0952. The molecule has 3 N–H and O–H groups in total. The zero-order valence-corrected chi connectivity index (χ0v) is 12.0. The Morgan fingerprint density at radius 2 is 2.16 bits per heavy atom. The molecule has 0 fully saturated rings. The molecule has 0 aliphatic carbocycles. The molecule has 0 bridgehead atoms. The Bertz CT molecular complexity index is 590. The van der Waals surface area contributed by atoms with E-state index in [9.17, 15) is 4.79 Å². The first-order chi connectivity index (χ1) is 9.11. The summed E-state index contributed by atoms with van der Waals surface area (Å²) >= 11 is 1.67. The predicted octanol–water partition coefficient (Wildman–Crippen LogP) is 3.13. The Kier molecular flexibility index (Phi) is 4.22. The summed E-state index contributed by atoms with van der Waals surface area (Å²) in [5.74, 6) is -0.114. The van der Waals surface area contributed by atoms with Gasteiger partial charge in [-0.15, -0.1) is 11.3 Å². The molecule has 2 rings (SSSR count). The van der Waals surface area contributed by atoms with Crippen LogP contribution in [0.1, 0.15) is 33.3 Å². The smallest absolute Gasteiger partial charge is 0.253 e. The molecular weight excluding hydrogens is 256 g/mol. The van der Waals surface area contributed by atoms with Gasteiger partial charge in [0.25, 0.3) is 5.91 Å². The second-order valence-corrected chi connectivity index (χ2v) is 5.50. The van der Waals surface area contributed by atoms with E-state index in [1.165, 1.54) is 10.4 Å². The summed E-state index contributed by atoms with van der Waals surface area (Å²) in [6, 6.07) is 7.60. The Morgan fingerprint density at radius 1 is 1.37 bits per heavy atom. The molecule has 0 saturated heterocycles. The lowest BCUT2D eigenvalue weighted by atomic mass is 10.1. The maximum absolute atomic E-state index is 12.1. The van der Waals surface area contributed by atoms with Gasteiger partial charge in [-0.05, 0) is 42.5 Å². The summed E-state index contributed by atoms with van der Waals surface area (Å²) in [5.41, 5.74) is 9.23. The van der Waals surface area contributed by atoms with Crippen molar-refractivity contribution in [3.63, 3.8) is 0 Å². The van der Waals surface area contributed by atoms with Gasteiger partial charge in [0, 0.05) is 10.6 Å². The van der Waals surface area contributed by atoms with Crippen LogP contribution in [0.2, 0.25) is 0 Å². The van der Waals surface area contributed by atoms with Gasteiger partial charge in [-0.3, -0.25) is 4.79 Å². The number of benzene rings is 1. The highest BCUT2D eigenvalue weighted by Gasteiger charge is 2.10. The molecule has 1 heterocycles. The zero-order valence-electron chi connectivity index (χ0n) is 11.2. The Labute approximate surface area is 117 Å². The van der Waals surface area contributed by atoms with Crippen molar-refractivity contribution < 1.29 is 4.79 Å². The Balaban J connectivity index is 2.07. The van der Waals surface area contributed by atoms with Gasteiger partial charge in [0.1, 0.15) is 0 Å². The third-order valence-electron chi connectivity index (χ3n) is 3.08. The normalized spacial score (nSPS) is 10.4. The first-order valence-electron chi connectivity index (χ1n) is 6.31. The van der Waals surface area contributed by atoms with E-state index in [1.54, 1.807) is 17.4 Å². The molecule has 2 aromatic rings. The van der Waals surface area contributed by atoms with Crippen LogP contribution in [0.4, 0.5) is 5.69 Å². The molecule has 3 nitrogen and oxygen atoms in total. The lowest BCUT2D eigenvalue weighted by Gasteiger charge is -2.08.